The third kappa shape index (κ3) is 3.68. The third-order valence-electron chi connectivity index (χ3n) is 3.37. The summed E-state index contributed by atoms with van der Waals surface area (Å²) < 4.78 is 0. The maximum atomic E-state index is 11.9. The fourth-order valence-corrected chi connectivity index (χ4v) is 2.18. The quantitative estimate of drug-likeness (QED) is 0.845. The summed E-state index contributed by atoms with van der Waals surface area (Å²) in [6.45, 7) is 1.05. The number of rotatable bonds is 3. The number of carboxylic acids is 1. The van der Waals surface area contributed by atoms with Crippen LogP contribution in [0.4, 0.5) is 0 Å². The summed E-state index contributed by atoms with van der Waals surface area (Å²) in [5.74, 6) is -1.11. The number of hydrogen-bond donors (Lipinski definition) is 1. The van der Waals surface area contributed by atoms with Gasteiger partial charge in [-0.1, -0.05) is 30.3 Å². The average Bonchev–Trinajstić information content (AvgIpc) is 2.46. The molecular weight excluding hydrogens is 242 g/mol. The minimum Gasteiger partial charge on any atom is -0.481 e. The van der Waals surface area contributed by atoms with Crippen LogP contribution in [0.5, 0.6) is 0 Å². The molecule has 0 radical (unpaired) electrons. The number of carboxylic acid groups (broad SMARTS) is 1. The summed E-state index contributed by atoms with van der Waals surface area (Å²) >= 11 is 0. The Kier molecular flexibility index (Phi) is 4.34. The molecule has 1 aromatic carbocycles. The largest absolute Gasteiger partial charge is 0.481 e. The van der Waals surface area contributed by atoms with E-state index in [-0.39, 0.29) is 11.8 Å². The second-order valence-electron chi connectivity index (χ2n) is 4.68. The zero-order valence-electron chi connectivity index (χ0n) is 10.7. The minimum atomic E-state index is -0.757. The fourth-order valence-electron chi connectivity index (χ4n) is 2.18. The zero-order valence-corrected chi connectivity index (χ0v) is 10.7. The van der Waals surface area contributed by atoms with E-state index in [2.05, 4.69) is 0 Å². The van der Waals surface area contributed by atoms with Gasteiger partial charge in [-0.3, -0.25) is 9.59 Å². The monoisotopic (exact) mass is 259 g/mol. The number of hydrogen-bond acceptors (Lipinski definition) is 2. The number of amides is 1. The van der Waals surface area contributed by atoms with Crippen molar-refractivity contribution in [3.8, 4) is 0 Å². The smallest absolute Gasteiger partial charge is 0.306 e. The van der Waals surface area contributed by atoms with E-state index < -0.39 is 5.97 Å². The molecule has 1 heterocycles. The van der Waals surface area contributed by atoms with Crippen LogP contribution in [-0.4, -0.2) is 35.0 Å². The number of carbonyl (C=O) groups is 2. The molecule has 0 aliphatic carbocycles. The SMILES string of the molecule is O=C(O)C1CCN(C(=O)/C=C\c2ccccc2)CC1. The number of benzene rings is 1. The number of carbonyl (C=O) groups excluding carboxylic acids is 1. The van der Waals surface area contributed by atoms with E-state index in [1.165, 1.54) is 0 Å². The van der Waals surface area contributed by atoms with Gasteiger partial charge in [-0.2, -0.15) is 0 Å². The van der Waals surface area contributed by atoms with E-state index in [0.717, 1.165) is 5.56 Å². The fraction of sp³-hybridized carbons (Fsp3) is 0.333. The summed E-state index contributed by atoms with van der Waals surface area (Å²) in [5, 5.41) is 8.90. The lowest BCUT2D eigenvalue weighted by Crippen LogP contribution is -2.39. The van der Waals surface area contributed by atoms with Crippen molar-refractivity contribution in [1.29, 1.82) is 0 Å². The van der Waals surface area contributed by atoms with Crippen molar-refractivity contribution in [2.45, 2.75) is 12.8 Å². The van der Waals surface area contributed by atoms with E-state index in [9.17, 15) is 9.59 Å². The first kappa shape index (κ1) is 13.3. The Labute approximate surface area is 112 Å². The highest BCUT2D eigenvalue weighted by Gasteiger charge is 2.25. The maximum absolute atomic E-state index is 11.9. The van der Waals surface area contributed by atoms with Crippen LogP contribution in [0, 0.1) is 5.92 Å². The first-order valence-corrected chi connectivity index (χ1v) is 6.41. The van der Waals surface area contributed by atoms with Gasteiger partial charge < -0.3 is 10.0 Å². The Balaban J connectivity index is 1.88. The van der Waals surface area contributed by atoms with Crippen LogP contribution in [0.25, 0.3) is 6.08 Å². The summed E-state index contributed by atoms with van der Waals surface area (Å²) in [7, 11) is 0. The zero-order chi connectivity index (χ0) is 13.7. The van der Waals surface area contributed by atoms with Gasteiger partial charge >= 0.3 is 5.97 Å². The molecular formula is C15H17NO3. The lowest BCUT2D eigenvalue weighted by Gasteiger charge is -2.29. The van der Waals surface area contributed by atoms with Crippen molar-refractivity contribution in [2.75, 3.05) is 13.1 Å². The standard InChI is InChI=1S/C15H17NO3/c17-14(7-6-12-4-2-1-3-5-12)16-10-8-13(9-11-16)15(18)19/h1-7,13H,8-11H2,(H,18,19)/b7-6-. The molecule has 0 aromatic heterocycles. The van der Waals surface area contributed by atoms with E-state index in [4.69, 9.17) is 5.11 Å². The van der Waals surface area contributed by atoms with Crippen molar-refractivity contribution in [3.63, 3.8) is 0 Å². The van der Waals surface area contributed by atoms with Gasteiger partial charge in [0.15, 0.2) is 0 Å². The molecule has 2 rings (SSSR count). The van der Waals surface area contributed by atoms with Crippen molar-refractivity contribution in [3.05, 3.63) is 42.0 Å². The first-order chi connectivity index (χ1) is 9.16. The predicted molar refractivity (Wildman–Crippen MR) is 72.4 cm³/mol. The minimum absolute atomic E-state index is 0.0484. The summed E-state index contributed by atoms with van der Waals surface area (Å²) in [4.78, 5) is 24.5. The summed E-state index contributed by atoms with van der Waals surface area (Å²) in [6.07, 6.45) is 4.42. The molecule has 19 heavy (non-hydrogen) atoms. The van der Waals surface area contributed by atoms with Gasteiger partial charge in [-0.25, -0.2) is 0 Å². The Morgan fingerprint density at radius 3 is 2.37 bits per heavy atom. The van der Waals surface area contributed by atoms with Crippen molar-refractivity contribution in [1.82, 2.24) is 4.90 Å². The highest BCUT2D eigenvalue weighted by molar-refractivity contribution is 5.91. The molecule has 1 saturated heterocycles. The van der Waals surface area contributed by atoms with Crippen molar-refractivity contribution >= 4 is 18.0 Å². The average molecular weight is 259 g/mol. The number of piperidine rings is 1. The van der Waals surface area contributed by atoms with Crippen LogP contribution in [0.2, 0.25) is 0 Å². The highest BCUT2D eigenvalue weighted by atomic mass is 16.4. The second kappa shape index (κ2) is 6.18. The number of nitrogens with zero attached hydrogens (tertiary/aromatic N) is 1. The molecule has 1 aromatic rings. The number of likely N-dealkylation sites (tertiary alicyclic amines) is 1. The Morgan fingerprint density at radius 1 is 1.16 bits per heavy atom. The van der Waals surface area contributed by atoms with Gasteiger partial charge in [-0.15, -0.1) is 0 Å². The Hall–Kier alpha value is -2.10. The lowest BCUT2D eigenvalue weighted by atomic mass is 9.97. The molecule has 0 saturated carbocycles. The summed E-state index contributed by atoms with van der Waals surface area (Å²) in [5.41, 5.74) is 0.983. The summed E-state index contributed by atoms with van der Waals surface area (Å²) in [6, 6.07) is 9.63. The van der Waals surface area contributed by atoms with Crippen LogP contribution in [0.3, 0.4) is 0 Å². The molecule has 1 aliphatic heterocycles. The molecule has 0 bridgehead atoms. The van der Waals surface area contributed by atoms with Crippen molar-refractivity contribution in [2.24, 2.45) is 5.92 Å². The third-order valence-corrected chi connectivity index (χ3v) is 3.37. The van der Waals surface area contributed by atoms with Crippen molar-refractivity contribution < 1.29 is 14.7 Å². The van der Waals surface area contributed by atoms with Crippen LogP contribution >= 0.6 is 0 Å². The molecule has 0 spiro atoms. The molecule has 0 atom stereocenters. The normalized spacial score (nSPS) is 16.7. The highest BCUT2D eigenvalue weighted by Crippen LogP contribution is 2.17. The Bertz CT molecular complexity index is 473. The lowest BCUT2D eigenvalue weighted by molar-refractivity contribution is -0.144. The molecule has 1 fully saturated rings. The van der Waals surface area contributed by atoms with E-state index in [0.29, 0.717) is 25.9 Å². The predicted octanol–water partition coefficient (Wildman–Crippen LogP) is 2.02. The van der Waals surface area contributed by atoms with Gasteiger partial charge in [0.1, 0.15) is 0 Å². The molecule has 4 nitrogen and oxygen atoms in total. The van der Waals surface area contributed by atoms with Gasteiger partial charge in [0.2, 0.25) is 5.91 Å². The van der Waals surface area contributed by atoms with Gasteiger partial charge in [0.25, 0.3) is 0 Å². The molecule has 4 heteroatoms. The second-order valence-corrected chi connectivity index (χ2v) is 4.68. The van der Waals surface area contributed by atoms with E-state index in [1.54, 1.807) is 17.1 Å². The molecule has 1 aliphatic rings. The first-order valence-electron chi connectivity index (χ1n) is 6.41. The van der Waals surface area contributed by atoms with Crippen LogP contribution in [0.15, 0.2) is 36.4 Å². The van der Waals surface area contributed by atoms with Gasteiger partial charge in [0.05, 0.1) is 5.92 Å². The number of aliphatic carboxylic acids is 1. The molecule has 0 unspecified atom stereocenters. The topological polar surface area (TPSA) is 57.6 Å². The van der Waals surface area contributed by atoms with Crippen LogP contribution in [-0.2, 0) is 9.59 Å². The maximum Gasteiger partial charge on any atom is 0.306 e. The van der Waals surface area contributed by atoms with Crippen LogP contribution < -0.4 is 0 Å². The van der Waals surface area contributed by atoms with Gasteiger partial charge in [0, 0.05) is 19.2 Å². The Morgan fingerprint density at radius 2 is 1.79 bits per heavy atom. The van der Waals surface area contributed by atoms with E-state index >= 15 is 0 Å². The van der Waals surface area contributed by atoms with E-state index in [1.807, 2.05) is 30.3 Å². The van der Waals surface area contributed by atoms with Crippen LogP contribution in [0.1, 0.15) is 18.4 Å². The molecule has 100 valence electrons. The molecule has 1 amide bonds. The van der Waals surface area contributed by atoms with Gasteiger partial charge in [-0.05, 0) is 24.5 Å². The molecule has 1 N–H and O–H groups in total.